The Morgan fingerprint density at radius 2 is 1.71 bits per heavy atom. The summed E-state index contributed by atoms with van der Waals surface area (Å²) in [5.41, 5.74) is 0. The summed E-state index contributed by atoms with van der Waals surface area (Å²) in [7, 11) is -6.37. The predicted octanol–water partition coefficient (Wildman–Crippen LogP) is -1.33. The van der Waals surface area contributed by atoms with Crippen molar-refractivity contribution in [1.29, 1.82) is 0 Å². The molecule has 1 aliphatic rings. The van der Waals surface area contributed by atoms with E-state index in [0.717, 1.165) is 19.3 Å². The van der Waals surface area contributed by atoms with Crippen LogP contribution >= 0.6 is 0 Å². The monoisotopic (exact) mass is 241 g/mol. The lowest BCUT2D eigenvalue weighted by molar-refractivity contribution is 0.378. The smallest absolute Gasteiger partial charge is 0.151 e. The van der Waals surface area contributed by atoms with Crippen LogP contribution in [-0.4, -0.2) is 53.4 Å². The number of hydrogen-bond acceptors (Lipinski definition) is 5. The van der Waals surface area contributed by atoms with Crippen molar-refractivity contribution in [2.24, 2.45) is 5.92 Å². The Labute approximate surface area is 84.7 Å². The van der Waals surface area contributed by atoms with Crippen molar-refractivity contribution in [2.45, 2.75) is 0 Å². The largest absolute Gasteiger partial charge is 0.316 e. The Balaban J connectivity index is 2.41. The molecule has 0 aromatic carbocycles. The molecule has 0 spiro atoms. The zero-order chi connectivity index (χ0) is 10.8. The van der Waals surface area contributed by atoms with Crippen molar-refractivity contribution in [3.05, 3.63) is 0 Å². The molecule has 7 heteroatoms. The highest BCUT2D eigenvalue weighted by molar-refractivity contribution is 7.94. The third-order valence-electron chi connectivity index (χ3n) is 2.12. The van der Waals surface area contributed by atoms with Gasteiger partial charge in [0.25, 0.3) is 0 Å². The van der Waals surface area contributed by atoms with Crippen molar-refractivity contribution in [1.82, 2.24) is 5.32 Å². The first-order valence-corrected chi connectivity index (χ1v) is 8.25. The van der Waals surface area contributed by atoms with E-state index in [4.69, 9.17) is 0 Å². The molecule has 0 aromatic rings. The second-order valence-corrected chi connectivity index (χ2v) is 8.26. The van der Waals surface area contributed by atoms with Crippen LogP contribution in [0, 0.1) is 5.92 Å². The van der Waals surface area contributed by atoms with Gasteiger partial charge in [-0.15, -0.1) is 0 Å². The van der Waals surface area contributed by atoms with Crippen LogP contribution in [0.5, 0.6) is 0 Å². The zero-order valence-electron chi connectivity index (χ0n) is 8.06. The Morgan fingerprint density at radius 3 is 2.07 bits per heavy atom. The highest BCUT2D eigenvalue weighted by atomic mass is 32.2. The molecule has 1 N–H and O–H groups in total. The van der Waals surface area contributed by atoms with Crippen molar-refractivity contribution < 1.29 is 16.8 Å². The minimum absolute atomic E-state index is 0.107. The van der Waals surface area contributed by atoms with Crippen molar-refractivity contribution in [3.63, 3.8) is 0 Å². The molecule has 14 heavy (non-hydrogen) atoms. The van der Waals surface area contributed by atoms with Crippen LogP contribution in [0.3, 0.4) is 0 Å². The van der Waals surface area contributed by atoms with Gasteiger partial charge in [0, 0.05) is 19.3 Å². The minimum atomic E-state index is -3.19. The predicted molar refractivity (Wildman–Crippen MR) is 54.7 cm³/mol. The summed E-state index contributed by atoms with van der Waals surface area (Å²) in [6.07, 6.45) is 1.05. The van der Waals surface area contributed by atoms with Gasteiger partial charge in [0.15, 0.2) is 9.84 Å². The van der Waals surface area contributed by atoms with Gasteiger partial charge in [0.1, 0.15) is 9.84 Å². The summed E-state index contributed by atoms with van der Waals surface area (Å²) in [4.78, 5) is 0. The van der Waals surface area contributed by atoms with Crippen LogP contribution in [0.25, 0.3) is 0 Å². The van der Waals surface area contributed by atoms with Gasteiger partial charge in [0.05, 0.1) is 17.3 Å². The lowest BCUT2D eigenvalue weighted by Crippen LogP contribution is -2.46. The molecule has 0 bridgehead atoms. The van der Waals surface area contributed by atoms with Crippen LogP contribution in [0.4, 0.5) is 0 Å². The van der Waals surface area contributed by atoms with E-state index >= 15 is 0 Å². The number of sulfone groups is 2. The number of nitrogens with one attached hydrogen (secondary N) is 1. The quantitative estimate of drug-likeness (QED) is 0.645. The van der Waals surface area contributed by atoms with E-state index in [-0.39, 0.29) is 23.2 Å². The van der Waals surface area contributed by atoms with Crippen LogP contribution in [0.15, 0.2) is 0 Å². The van der Waals surface area contributed by atoms with Gasteiger partial charge >= 0.3 is 0 Å². The second-order valence-electron chi connectivity index (χ2n) is 3.77. The average molecular weight is 241 g/mol. The lowest BCUT2D eigenvalue weighted by Gasteiger charge is -2.26. The van der Waals surface area contributed by atoms with Gasteiger partial charge in [-0.25, -0.2) is 16.8 Å². The Kier molecular flexibility index (Phi) is 3.54. The van der Waals surface area contributed by atoms with Crippen LogP contribution in [0.2, 0.25) is 0 Å². The van der Waals surface area contributed by atoms with Gasteiger partial charge < -0.3 is 5.32 Å². The summed E-state index contributed by atoms with van der Waals surface area (Å²) in [5, 5.41) is 2.97. The van der Waals surface area contributed by atoms with E-state index in [1.807, 2.05) is 0 Å². The first-order valence-electron chi connectivity index (χ1n) is 4.37. The SMILES string of the molecule is CS(=O)(=O)CCS(=O)(=O)CC1CNC1. The number of rotatable bonds is 5. The summed E-state index contributed by atoms with van der Waals surface area (Å²) < 4.78 is 44.3. The van der Waals surface area contributed by atoms with Crippen LogP contribution in [-0.2, 0) is 19.7 Å². The maximum atomic E-state index is 11.4. The topological polar surface area (TPSA) is 80.3 Å². The molecule has 1 heterocycles. The van der Waals surface area contributed by atoms with Crippen molar-refractivity contribution in [2.75, 3.05) is 36.6 Å². The van der Waals surface area contributed by atoms with E-state index < -0.39 is 19.7 Å². The van der Waals surface area contributed by atoms with Gasteiger partial charge in [-0.2, -0.15) is 0 Å². The fourth-order valence-electron chi connectivity index (χ4n) is 1.19. The van der Waals surface area contributed by atoms with Crippen LogP contribution in [0.1, 0.15) is 0 Å². The molecule has 84 valence electrons. The summed E-state index contributed by atoms with van der Waals surface area (Å²) in [6.45, 7) is 1.44. The Morgan fingerprint density at radius 1 is 1.14 bits per heavy atom. The summed E-state index contributed by atoms with van der Waals surface area (Å²) >= 11 is 0. The average Bonchev–Trinajstić information content (AvgIpc) is 1.93. The fraction of sp³-hybridized carbons (Fsp3) is 1.00. The summed E-state index contributed by atoms with van der Waals surface area (Å²) in [5.74, 6) is -0.243. The molecule has 1 rings (SSSR count). The maximum Gasteiger partial charge on any atom is 0.151 e. The third-order valence-corrected chi connectivity index (χ3v) is 5.13. The molecular formula is C7H15NO4S2. The highest BCUT2D eigenvalue weighted by Crippen LogP contribution is 2.07. The molecule has 0 atom stereocenters. The second kappa shape index (κ2) is 4.16. The van der Waals surface area contributed by atoms with Gasteiger partial charge in [0.2, 0.25) is 0 Å². The first-order chi connectivity index (χ1) is 6.29. The third kappa shape index (κ3) is 4.39. The maximum absolute atomic E-state index is 11.4. The molecule has 0 unspecified atom stereocenters. The van der Waals surface area contributed by atoms with Crippen molar-refractivity contribution in [3.8, 4) is 0 Å². The Hall–Kier alpha value is -0.140. The van der Waals surface area contributed by atoms with E-state index in [0.29, 0.717) is 0 Å². The standard InChI is InChI=1S/C7H15NO4S2/c1-13(9,10)2-3-14(11,12)6-7-4-8-5-7/h7-8H,2-6H2,1H3. The minimum Gasteiger partial charge on any atom is -0.316 e. The van der Waals surface area contributed by atoms with Gasteiger partial charge in [-0.3, -0.25) is 0 Å². The molecule has 1 aliphatic heterocycles. The molecule has 5 nitrogen and oxygen atoms in total. The molecule has 0 aliphatic carbocycles. The Bertz CT molecular complexity index is 380. The molecule has 0 radical (unpaired) electrons. The fourth-order valence-corrected chi connectivity index (χ4v) is 4.53. The van der Waals surface area contributed by atoms with E-state index in [2.05, 4.69) is 5.32 Å². The van der Waals surface area contributed by atoms with Crippen molar-refractivity contribution >= 4 is 19.7 Å². The number of hydrogen-bond donors (Lipinski definition) is 1. The van der Waals surface area contributed by atoms with Gasteiger partial charge in [-0.1, -0.05) is 0 Å². The molecule has 0 saturated carbocycles. The zero-order valence-corrected chi connectivity index (χ0v) is 9.70. The van der Waals surface area contributed by atoms with E-state index in [1.54, 1.807) is 0 Å². The molecule has 1 saturated heterocycles. The highest BCUT2D eigenvalue weighted by Gasteiger charge is 2.24. The normalized spacial score (nSPS) is 19.2. The summed E-state index contributed by atoms with van der Waals surface area (Å²) in [6, 6.07) is 0. The first kappa shape index (κ1) is 11.9. The van der Waals surface area contributed by atoms with Gasteiger partial charge in [-0.05, 0) is 5.92 Å². The van der Waals surface area contributed by atoms with Crippen LogP contribution < -0.4 is 5.32 Å². The van der Waals surface area contributed by atoms with E-state index in [1.165, 1.54) is 0 Å². The molecule has 0 aromatic heterocycles. The van der Waals surface area contributed by atoms with E-state index in [9.17, 15) is 16.8 Å². The molecule has 1 fully saturated rings. The lowest BCUT2D eigenvalue weighted by atomic mass is 10.1. The molecule has 0 amide bonds. The molecular weight excluding hydrogens is 226 g/mol.